The zero-order valence-electron chi connectivity index (χ0n) is 14.5. The second kappa shape index (κ2) is 6.18. The predicted molar refractivity (Wildman–Crippen MR) is 103 cm³/mol. The SMILES string of the molecule is Cc1ccc(C2=C(Cc3ccccc3)C(=O)c3ccccc32)cc1C. The Bertz CT molecular complexity index is 994. The molecule has 0 saturated carbocycles. The maximum absolute atomic E-state index is 13.1. The van der Waals surface area contributed by atoms with Crippen molar-refractivity contribution in [2.75, 3.05) is 0 Å². The summed E-state index contributed by atoms with van der Waals surface area (Å²) in [5.74, 6) is 0.160. The van der Waals surface area contributed by atoms with Gasteiger partial charge in [-0.25, -0.2) is 0 Å². The van der Waals surface area contributed by atoms with Crippen molar-refractivity contribution in [3.8, 4) is 0 Å². The van der Waals surface area contributed by atoms with Gasteiger partial charge in [-0.1, -0.05) is 72.8 Å². The van der Waals surface area contributed by atoms with Crippen molar-refractivity contribution in [1.29, 1.82) is 0 Å². The minimum absolute atomic E-state index is 0.160. The highest BCUT2D eigenvalue weighted by Crippen LogP contribution is 2.39. The fourth-order valence-corrected chi connectivity index (χ4v) is 3.53. The summed E-state index contributed by atoms with van der Waals surface area (Å²) >= 11 is 0. The molecule has 0 aromatic heterocycles. The van der Waals surface area contributed by atoms with Crippen LogP contribution in [0.15, 0.2) is 78.4 Å². The number of benzene rings is 3. The Balaban J connectivity index is 1.91. The molecule has 1 heteroatoms. The lowest BCUT2D eigenvalue weighted by molar-refractivity contribution is 0.103. The first kappa shape index (κ1) is 15.6. The number of hydrogen-bond acceptors (Lipinski definition) is 1. The predicted octanol–water partition coefficient (Wildman–Crippen LogP) is 5.54. The third kappa shape index (κ3) is 2.72. The molecule has 0 heterocycles. The summed E-state index contributed by atoms with van der Waals surface area (Å²) in [4.78, 5) is 13.1. The Morgan fingerprint density at radius 2 is 1.40 bits per heavy atom. The van der Waals surface area contributed by atoms with Crippen molar-refractivity contribution in [2.45, 2.75) is 20.3 Å². The van der Waals surface area contributed by atoms with Crippen molar-refractivity contribution in [3.05, 3.63) is 112 Å². The van der Waals surface area contributed by atoms with E-state index in [1.807, 2.05) is 36.4 Å². The average molecular weight is 324 g/mol. The Kier molecular flexibility index (Phi) is 3.85. The van der Waals surface area contributed by atoms with Crippen LogP contribution in [0.1, 0.15) is 38.2 Å². The van der Waals surface area contributed by atoms with E-state index in [4.69, 9.17) is 0 Å². The first-order valence-corrected chi connectivity index (χ1v) is 8.64. The summed E-state index contributed by atoms with van der Waals surface area (Å²) in [7, 11) is 0. The molecule has 3 aromatic carbocycles. The molecule has 0 aliphatic heterocycles. The van der Waals surface area contributed by atoms with Gasteiger partial charge in [0, 0.05) is 17.6 Å². The van der Waals surface area contributed by atoms with Crippen LogP contribution in [0.25, 0.3) is 5.57 Å². The van der Waals surface area contributed by atoms with E-state index in [0.717, 1.165) is 27.8 Å². The van der Waals surface area contributed by atoms with Gasteiger partial charge in [0.05, 0.1) is 0 Å². The monoisotopic (exact) mass is 324 g/mol. The van der Waals surface area contributed by atoms with Gasteiger partial charge in [-0.3, -0.25) is 4.79 Å². The maximum atomic E-state index is 13.1. The molecule has 0 bridgehead atoms. The van der Waals surface area contributed by atoms with Crippen molar-refractivity contribution >= 4 is 11.4 Å². The molecule has 4 rings (SSSR count). The first-order chi connectivity index (χ1) is 12.1. The van der Waals surface area contributed by atoms with Crippen LogP contribution in [0.3, 0.4) is 0 Å². The summed E-state index contributed by atoms with van der Waals surface area (Å²) in [5.41, 5.74) is 8.69. The summed E-state index contributed by atoms with van der Waals surface area (Å²) in [5, 5.41) is 0. The van der Waals surface area contributed by atoms with Gasteiger partial charge in [0.2, 0.25) is 0 Å². The lowest BCUT2D eigenvalue weighted by atomic mass is 9.92. The molecule has 0 N–H and O–H groups in total. The number of rotatable bonds is 3. The van der Waals surface area contributed by atoms with E-state index >= 15 is 0 Å². The number of ketones is 1. The fraction of sp³-hybridized carbons (Fsp3) is 0.125. The van der Waals surface area contributed by atoms with E-state index in [1.165, 1.54) is 16.7 Å². The van der Waals surface area contributed by atoms with Crippen LogP contribution in [-0.4, -0.2) is 5.78 Å². The number of Topliss-reactive ketones (excluding diaryl/α,β-unsaturated/α-hetero) is 1. The van der Waals surface area contributed by atoms with Crippen molar-refractivity contribution < 1.29 is 4.79 Å². The molecule has 1 aliphatic rings. The molecule has 1 aliphatic carbocycles. The van der Waals surface area contributed by atoms with E-state index in [0.29, 0.717) is 6.42 Å². The van der Waals surface area contributed by atoms with Crippen LogP contribution in [-0.2, 0) is 6.42 Å². The zero-order chi connectivity index (χ0) is 17.4. The number of carbonyl (C=O) groups is 1. The number of carbonyl (C=O) groups excluding carboxylic acids is 1. The van der Waals surface area contributed by atoms with E-state index < -0.39 is 0 Å². The quantitative estimate of drug-likeness (QED) is 0.618. The van der Waals surface area contributed by atoms with E-state index in [1.54, 1.807) is 0 Å². The molecule has 3 aromatic rings. The summed E-state index contributed by atoms with van der Waals surface area (Å²) in [6.07, 6.45) is 0.663. The second-order valence-corrected chi connectivity index (χ2v) is 6.69. The van der Waals surface area contributed by atoms with E-state index in [-0.39, 0.29) is 5.78 Å². The smallest absolute Gasteiger partial charge is 0.190 e. The normalized spacial score (nSPS) is 13.3. The van der Waals surface area contributed by atoms with Gasteiger partial charge in [0.15, 0.2) is 5.78 Å². The fourth-order valence-electron chi connectivity index (χ4n) is 3.53. The molecule has 0 radical (unpaired) electrons. The summed E-state index contributed by atoms with van der Waals surface area (Å²) in [6.45, 7) is 4.24. The minimum Gasteiger partial charge on any atom is -0.289 e. The Hall–Kier alpha value is -2.93. The molecule has 0 spiro atoms. The van der Waals surface area contributed by atoms with Gasteiger partial charge in [-0.15, -0.1) is 0 Å². The molecule has 0 saturated heterocycles. The molecule has 0 amide bonds. The Morgan fingerprint density at radius 3 is 2.12 bits per heavy atom. The van der Waals surface area contributed by atoms with Crippen LogP contribution in [0.5, 0.6) is 0 Å². The summed E-state index contributed by atoms with van der Waals surface area (Å²) in [6, 6.07) is 24.7. The molecule has 1 nitrogen and oxygen atoms in total. The number of fused-ring (bicyclic) bond motifs is 1. The van der Waals surface area contributed by atoms with Gasteiger partial charge in [0.25, 0.3) is 0 Å². The van der Waals surface area contributed by atoms with Gasteiger partial charge in [-0.05, 0) is 47.2 Å². The molecule has 0 unspecified atom stereocenters. The van der Waals surface area contributed by atoms with Gasteiger partial charge in [-0.2, -0.15) is 0 Å². The molecule has 25 heavy (non-hydrogen) atoms. The van der Waals surface area contributed by atoms with Crippen LogP contribution in [0.2, 0.25) is 0 Å². The highest BCUT2D eigenvalue weighted by molar-refractivity contribution is 6.23. The molecule has 122 valence electrons. The standard InChI is InChI=1S/C24H20O/c1-16-12-13-19(14-17(16)2)23-20-10-6-7-11-21(20)24(25)22(23)15-18-8-4-3-5-9-18/h3-14H,15H2,1-2H3. The lowest BCUT2D eigenvalue weighted by Crippen LogP contribution is -2.02. The second-order valence-electron chi connectivity index (χ2n) is 6.69. The molecular formula is C24H20O. The third-order valence-corrected chi connectivity index (χ3v) is 5.04. The highest BCUT2D eigenvalue weighted by Gasteiger charge is 2.29. The molecule has 0 atom stereocenters. The largest absolute Gasteiger partial charge is 0.289 e. The third-order valence-electron chi connectivity index (χ3n) is 5.04. The highest BCUT2D eigenvalue weighted by atomic mass is 16.1. The van der Waals surface area contributed by atoms with E-state index in [2.05, 4.69) is 50.2 Å². The Morgan fingerprint density at radius 1 is 0.720 bits per heavy atom. The van der Waals surface area contributed by atoms with Crippen molar-refractivity contribution in [3.63, 3.8) is 0 Å². The average Bonchev–Trinajstić information content (AvgIpc) is 2.91. The van der Waals surface area contributed by atoms with E-state index in [9.17, 15) is 4.79 Å². The lowest BCUT2D eigenvalue weighted by Gasteiger charge is -2.11. The van der Waals surface area contributed by atoms with Crippen LogP contribution in [0.4, 0.5) is 0 Å². The Labute approximate surface area is 148 Å². The molecule has 0 fully saturated rings. The van der Waals surface area contributed by atoms with Gasteiger partial charge in [0.1, 0.15) is 0 Å². The van der Waals surface area contributed by atoms with Gasteiger partial charge < -0.3 is 0 Å². The summed E-state index contributed by atoms with van der Waals surface area (Å²) < 4.78 is 0. The van der Waals surface area contributed by atoms with Crippen LogP contribution < -0.4 is 0 Å². The number of aryl methyl sites for hydroxylation is 2. The topological polar surface area (TPSA) is 17.1 Å². The first-order valence-electron chi connectivity index (χ1n) is 8.64. The van der Waals surface area contributed by atoms with Crippen LogP contribution in [0, 0.1) is 13.8 Å². The van der Waals surface area contributed by atoms with Crippen molar-refractivity contribution in [1.82, 2.24) is 0 Å². The number of allylic oxidation sites excluding steroid dienone is 1. The number of hydrogen-bond donors (Lipinski definition) is 0. The zero-order valence-corrected chi connectivity index (χ0v) is 14.5. The van der Waals surface area contributed by atoms with Crippen molar-refractivity contribution in [2.24, 2.45) is 0 Å². The van der Waals surface area contributed by atoms with Gasteiger partial charge >= 0.3 is 0 Å². The minimum atomic E-state index is 0.160. The molecular weight excluding hydrogens is 304 g/mol. The van der Waals surface area contributed by atoms with Crippen LogP contribution >= 0.6 is 0 Å². The maximum Gasteiger partial charge on any atom is 0.190 e.